The second-order valence-electron chi connectivity index (χ2n) is 5.76. The predicted molar refractivity (Wildman–Crippen MR) is 91.9 cm³/mol. The first-order chi connectivity index (χ1) is 10.2. The van der Waals surface area contributed by atoms with Crippen LogP contribution < -0.4 is 5.32 Å². The number of allylic oxidation sites excluding steroid dienone is 2. The predicted octanol–water partition coefficient (Wildman–Crippen LogP) is 5.26. The minimum absolute atomic E-state index is 0.175. The van der Waals surface area contributed by atoms with E-state index in [4.69, 9.17) is 0 Å². The molecular formula is C18H15FIN. The van der Waals surface area contributed by atoms with Gasteiger partial charge in [0.25, 0.3) is 0 Å². The van der Waals surface area contributed by atoms with E-state index in [-0.39, 0.29) is 11.9 Å². The number of nitrogens with one attached hydrogen (secondary N) is 1. The zero-order chi connectivity index (χ0) is 14.4. The van der Waals surface area contributed by atoms with Crippen molar-refractivity contribution in [2.45, 2.75) is 18.4 Å². The molecule has 4 rings (SSSR count). The van der Waals surface area contributed by atoms with Crippen molar-refractivity contribution in [3.8, 4) is 0 Å². The van der Waals surface area contributed by atoms with Gasteiger partial charge in [0.15, 0.2) is 0 Å². The molecule has 2 aromatic rings. The molecule has 1 aliphatic heterocycles. The summed E-state index contributed by atoms with van der Waals surface area (Å²) in [5, 5.41) is 3.67. The van der Waals surface area contributed by atoms with Crippen molar-refractivity contribution in [2.75, 3.05) is 5.32 Å². The molecule has 2 aliphatic rings. The monoisotopic (exact) mass is 391 g/mol. The van der Waals surface area contributed by atoms with Crippen LogP contribution in [0.1, 0.15) is 29.5 Å². The van der Waals surface area contributed by atoms with Gasteiger partial charge in [0.2, 0.25) is 0 Å². The fraction of sp³-hybridized carbons (Fsp3) is 0.222. The normalized spacial score (nSPS) is 26.1. The first kappa shape index (κ1) is 13.3. The minimum atomic E-state index is -0.175. The summed E-state index contributed by atoms with van der Waals surface area (Å²) in [5.74, 6) is 0.804. The van der Waals surface area contributed by atoms with E-state index < -0.39 is 0 Å². The van der Waals surface area contributed by atoms with Gasteiger partial charge in [0, 0.05) is 15.2 Å². The summed E-state index contributed by atoms with van der Waals surface area (Å²) in [6.07, 6.45) is 5.68. The van der Waals surface area contributed by atoms with Crippen molar-refractivity contribution in [3.05, 3.63) is 75.1 Å². The summed E-state index contributed by atoms with van der Waals surface area (Å²) >= 11 is 2.37. The van der Waals surface area contributed by atoms with E-state index in [1.807, 2.05) is 12.1 Å². The van der Waals surface area contributed by atoms with Gasteiger partial charge in [-0.2, -0.15) is 0 Å². The van der Waals surface area contributed by atoms with Crippen LogP contribution in [0.3, 0.4) is 0 Å². The zero-order valence-corrected chi connectivity index (χ0v) is 13.5. The number of rotatable bonds is 1. The van der Waals surface area contributed by atoms with E-state index in [0.29, 0.717) is 11.8 Å². The minimum Gasteiger partial charge on any atom is -0.378 e. The van der Waals surface area contributed by atoms with Crippen LogP contribution in [-0.4, -0.2) is 0 Å². The van der Waals surface area contributed by atoms with Gasteiger partial charge in [-0.3, -0.25) is 0 Å². The van der Waals surface area contributed by atoms with Crippen LogP contribution in [-0.2, 0) is 0 Å². The highest BCUT2D eigenvalue weighted by Gasteiger charge is 2.37. The van der Waals surface area contributed by atoms with Crippen LogP contribution in [0.2, 0.25) is 0 Å². The Morgan fingerprint density at radius 3 is 2.71 bits per heavy atom. The van der Waals surface area contributed by atoms with Crippen LogP contribution >= 0.6 is 22.6 Å². The van der Waals surface area contributed by atoms with E-state index >= 15 is 0 Å². The van der Waals surface area contributed by atoms with Crippen molar-refractivity contribution in [2.24, 2.45) is 5.92 Å². The molecule has 3 heteroatoms. The molecule has 1 aliphatic carbocycles. The molecule has 0 unspecified atom stereocenters. The van der Waals surface area contributed by atoms with Crippen LogP contribution in [0, 0.1) is 15.3 Å². The van der Waals surface area contributed by atoms with Crippen LogP contribution in [0.15, 0.2) is 54.6 Å². The van der Waals surface area contributed by atoms with Crippen molar-refractivity contribution >= 4 is 28.3 Å². The topological polar surface area (TPSA) is 12.0 Å². The smallest absolute Gasteiger partial charge is 0.123 e. The molecule has 0 saturated heterocycles. The van der Waals surface area contributed by atoms with E-state index in [1.165, 1.54) is 20.4 Å². The Bertz CT molecular complexity index is 708. The summed E-state index contributed by atoms with van der Waals surface area (Å²) < 4.78 is 14.4. The second-order valence-corrected chi connectivity index (χ2v) is 7.00. The summed E-state index contributed by atoms with van der Waals surface area (Å²) in [6.45, 7) is 0. The SMILES string of the molecule is Fc1ccc([C@H]2Nc3ccc(I)cc3[C@H]3C=CC[C@@H]32)cc1. The molecule has 0 saturated carbocycles. The lowest BCUT2D eigenvalue weighted by Gasteiger charge is -2.37. The Morgan fingerprint density at radius 1 is 1.10 bits per heavy atom. The summed E-state index contributed by atoms with van der Waals surface area (Å²) in [4.78, 5) is 0. The van der Waals surface area contributed by atoms with Crippen molar-refractivity contribution in [3.63, 3.8) is 0 Å². The van der Waals surface area contributed by atoms with E-state index in [9.17, 15) is 4.39 Å². The molecule has 106 valence electrons. The maximum absolute atomic E-state index is 13.2. The lowest BCUT2D eigenvalue weighted by Crippen LogP contribution is -2.29. The molecule has 0 radical (unpaired) electrons. The fourth-order valence-corrected chi connectivity index (χ4v) is 4.08. The first-order valence-corrected chi connectivity index (χ1v) is 8.28. The largest absolute Gasteiger partial charge is 0.378 e. The van der Waals surface area contributed by atoms with Gasteiger partial charge in [0.05, 0.1) is 6.04 Å². The number of fused-ring (bicyclic) bond motifs is 3. The number of anilines is 1. The van der Waals surface area contributed by atoms with E-state index in [1.54, 1.807) is 12.1 Å². The highest BCUT2D eigenvalue weighted by atomic mass is 127. The van der Waals surface area contributed by atoms with Gasteiger partial charge in [-0.05, 0) is 76.4 Å². The van der Waals surface area contributed by atoms with Crippen LogP contribution in [0.4, 0.5) is 10.1 Å². The summed E-state index contributed by atoms with van der Waals surface area (Å²) in [7, 11) is 0. The third-order valence-corrected chi connectivity index (χ3v) is 5.22. The van der Waals surface area contributed by atoms with Crippen LogP contribution in [0.5, 0.6) is 0 Å². The Labute approximate surface area is 137 Å². The highest BCUT2D eigenvalue weighted by molar-refractivity contribution is 14.1. The lowest BCUT2D eigenvalue weighted by atomic mass is 9.77. The maximum atomic E-state index is 13.2. The third-order valence-electron chi connectivity index (χ3n) is 4.55. The van der Waals surface area contributed by atoms with Crippen LogP contribution in [0.25, 0.3) is 0 Å². The quantitative estimate of drug-likeness (QED) is 0.517. The molecule has 1 N–H and O–H groups in total. The number of halogens is 2. The van der Waals surface area contributed by atoms with Gasteiger partial charge >= 0.3 is 0 Å². The first-order valence-electron chi connectivity index (χ1n) is 7.20. The fourth-order valence-electron chi connectivity index (χ4n) is 3.57. The second kappa shape index (κ2) is 5.13. The lowest BCUT2D eigenvalue weighted by molar-refractivity contribution is 0.425. The average Bonchev–Trinajstić information content (AvgIpc) is 2.97. The highest BCUT2D eigenvalue weighted by Crippen LogP contribution is 2.49. The molecule has 0 aromatic heterocycles. The van der Waals surface area contributed by atoms with E-state index in [0.717, 1.165) is 6.42 Å². The molecule has 0 fully saturated rings. The van der Waals surface area contributed by atoms with Crippen molar-refractivity contribution in [1.29, 1.82) is 0 Å². The third kappa shape index (κ3) is 2.27. The summed E-state index contributed by atoms with van der Waals surface area (Å²) in [6, 6.07) is 13.7. The molecule has 3 atom stereocenters. The van der Waals surface area contributed by atoms with Gasteiger partial charge in [0.1, 0.15) is 5.82 Å². The van der Waals surface area contributed by atoms with Gasteiger partial charge in [-0.15, -0.1) is 0 Å². The van der Waals surface area contributed by atoms with Gasteiger partial charge in [-0.25, -0.2) is 4.39 Å². The van der Waals surface area contributed by atoms with Gasteiger partial charge in [-0.1, -0.05) is 24.3 Å². The molecular weight excluding hydrogens is 376 g/mol. The van der Waals surface area contributed by atoms with Gasteiger partial charge < -0.3 is 5.32 Å². The number of hydrogen-bond donors (Lipinski definition) is 1. The average molecular weight is 391 g/mol. The number of hydrogen-bond acceptors (Lipinski definition) is 1. The molecule has 2 aromatic carbocycles. The maximum Gasteiger partial charge on any atom is 0.123 e. The van der Waals surface area contributed by atoms with Crippen molar-refractivity contribution in [1.82, 2.24) is 0 Å². The Hall–Kier alpha value is -1.36. The number of benzene rings is 2. The molecule has 0 bridgehead atoms. The molecule has 0 spiro atoms. The van der Waals surface area contributed by atoms with E-state index in [2.05, 4.69) is 58.3 Å². The molecule has 21 heavy (non-hydrogen) atoms. The summed E-state index contributed by atoms with van der Waals surface area (Å²) in [5.41, 5.74) is 3.76. The Morgan fingerprint density at radius 2 is 1.90 bits per heavy atom. The Kier molecular flexibility index (Phi) is 3.25. The molecule has 0 amide bonds. The molecule has 1 nitrogen and oxygen atoms in total. The van der Waals surface area contributed by atoms with Crippen molar-refractivity contribution < 1.29 is 4.39 Å². The standard InChI is InChI=1S/C18H15FIN/c19-12-6-4-11(5-7-12)18-15-3-1-2-14(15)16-10-13(20)8-9-17(16)21-18/h1-2,4-10,14-15,18,21H,3H2/t14-,15-,18+/m0/s1. The Balaban J connectivity index is 1.78. The zero-order valence-electron chi connectivity index (χ0n) is 11.4. The molecule has 1 heterocycles.